The summed E-state index contributed by atoms with van der Waals surface area (Å²) >= 11 is 0. The van der Waals surface area contributed by atoms with Crippen molar-refractivity contribution >= 4 is 6.16 Å². The highest BCUT2D eigenvalue weighted by atomic mass is 16.7. The van der Waals surface area contributed by atoms with Gasteiger partial charge in [-0.15, -0.1) is 0 Å². The predicted octanol–water partition coefficient (Wildman–Crippen LogP) is 3.44. The van der Waals surface area contributed by atoms with E-state index in [1.54, 1.807) is 0 Å². The summed E-state index contributed by atoms with van der Waals surface area (Å²) in [4.78, 5) is 11.1. The molecule has 0 spiro atoms. The van der Waals surface area contributed by atoms with E-state index in [9.17, 15) is 4.79 Å². The standard InChI is InChI=1S/C12H20O3/c1-10-6-4-8-12(2,9-5-7-10)15-11(13)14-3/h6H,4-5,7-9H2,1-3H3. The lowest BCUT2D eigenvalue weighted by molar-refractivity contribution is -0.0275. The van der Waals surface area contributed by atoms with Crippen LogP contribution < -0.4 is 0 Å². The van der Waals surface area contributed by atoms with Crippen LogP contribution in [-0.2, 0) is 9.47 Å². The molecule has 0 fully saturated rings. The van der Waals surface area contributed by atoms with Gasteiger partial charge in [-0.25, -0.2) is 4.79 Å². The summed E-state index contributed by atoms with van der Waals surface area (Å²) in [6.07, 6.45) is 6.58. The molecule has 0 bridgehead atoms. The van der Waals surface area contributed by atoms with Crippen LogP contribution in [0, 0.1) is 0 Å². The molecule has 0 aromatic rings. The van der Waals surface area contributed by atoms with Crippen molar-refractivity contribution in [2.45, 2.75) is 51.6 Å². The molecule has 3 heteroatoms. The normalized spacial score (nSPS) is 27.3. The van der Waals surface area contributed by atoms with Crippen LogP contribution in [0.4, 0.5) is 4.79 Å². The minimum atomic E-state index is -0.571. The number of carbonyl (C=O) groups excluding carboxylic acids is 1. The molecule has 0 radical (unpaired) electrons. The number of hydrogen-bond acceptors (Lipinski definition) is 3. The molecular weight excluding hydrogens is 192 g/mol. The fourth-order valence-corrected chi connectivity index (χ4v) is 1.94. The third-order valence-corrected chi connectivity index (χ3v) is 2.94. The molecule has 0 aliphatic heterocycles. The van der Waals surface area contributed by atoms with E-state index in [1.807, 2.05) is 6.92 Å². The molecule has 0 N–H and O–H groups in total. The second kappa shape index (κ2) is 5.19. The van der Waals surface area contributed by atoms with Crippen molar-refractivity contribution in [3.8, 4) is 0 Å². The first-order valence-corrected chi connectivity index (χ1v) is 5.48. The maximum absolute atomic E-state index is 11.1. The van der Waals surface area contributed by atoms with Crippen LogP contribution in [0.25, 0.3) is 0 Å². The lowest BCUT2D eigenvalue weighted by Crippen LogP contribution is -2.32. The molecule has 3 nitrogen and oxygen atoms in total. The van der Waals surface area contributed by atoms with Crippen LogP contribution in [-0.4, -0.2) is 18.9 Å². The fourth-order valence-electron chi connectivity index (χ4n) is 1.94. The molecule has 86 valence electrons. The summed E-state index contributed by atoms with van der Waals surface area (Å²) < 4.78 is 9.84. The van der Waals surface area contributed by atoms with E-state index < -0.39 is 6.16 Å². The second-order valence-electron chi connectivity index (χ2n) is 4.45. The third-order valence-electron chi connectivity index (χ3n) is 2.94. The van der Waals surface area contributed by atoms with E-state index in [4.69, 9.17) is 4.74 Å². The molecule has 1 unspecified atom stereocenters. The molecule has 1 aliphatic carbocycles. The van der Waals surface area contributed by atoms with Crippen LogP contribution in [0.3, 0.4) is 0 Å². The Kier molecular flexibility index (Phi) is 4.18. The summed E-state index contributed by atoms with van der Waals surface area (Å²) in [5.41, 5.74) is 1.08. The zero-order chi connectivity index (χ0) is 11.3. The van der Waals surface area contributed by atoms with E-state index >= 15 is 0 Å². The average molecular weight is 212 g/mol. The number of carbonyl (C=O) groups is 1. The minimum Gasteiger partial charge on any atom is -0.438 e. The highest BCUT2D eigenvalue weighted by Crippen LogP contribution is 2.29. The van der Waals surface area contributed by atoms with Gasteiger partial charge in [-0.05, 0) is 46.0 Å². The van der Waals surface area contributed by atoms with Crippen LogP contribution in [0.15, 0.2) is 11.6 Å². The van der Waals surface area contributed by atoms with Gasteiger partial charge in [0.15, 0.2) is 0 Å². The van der Waals surface area contributed by atoms with Gasteiger partial charge in [0, 0.05) is 0 Å². The number of hydrogen-bond donors (Lipinski definition) is 0. The molecule has 0 aromatic heterocycles. The van der Waals surface area contributed by atoms with Gasteiger partial charge in [0.1, 0.15) is 5.60 Å². The van der Waals surface area contributed by atoms with Gasteiger partial charge >= 0.3 is 6.16 Å². The lowest BCUT2D eigenvalue weighted by atomic mass is 9.89. The summed E-state index contributed by atoms with van der Waals surface area (Å²) in [5.74, 6) is 0. The Morgan fingerprint density at radius 3 is 2.87 bits per heavy atom. The van der Waals surface area contributed by atoms with Gasteiger partial charge in [0.05, 0.1) is 7.11 Å². The van der Waals surface area contributed by atoms with E-state index in [0.717, 1.165) is 32.1 Å². The summed E-state index contributed by atoms with van der Waals surface area (Å²) in [5, 5.41) is 0. The van der Waals surface area contributed by atoms with Crippen molar-refractivity contribution in [3.05, 3.63) is 11.6 Å². The molecule has 0 amide bonds. The van der Waals surface area contributed by atoms with Gasteiger partial charge in [-0.2, -0.15) is 0 Å². The average Bonchev–Trinajstić information content (AvgIpc) is 2.15. The lowest BCUT2D eigenvalue weighted by Gasteiger charge is -2.29. The van der Waals surface area contributed by atoms with Crippen molar-refractivity contribution in [1.29, 1.82) is 0 Å². The predicted molar refractivity (Wildman–Crippen MR) is 58.7 cm³/mol. The Bertz CT molecular complexity index is 258. The van der Waals surface area contributed by atoms with Gasteiger partial charge in [-0.3, -0.25) is 0 Å². The highest BCUT2D eigenvalue weighted by molar-refractivity contribution is 5.60. The smallest absolute Gasteiger partial charge is 0.438 e. The molecule has 1 atom stereocenters. The molecule has 0 saturated carbocycles. The van der Waals surface area contributed by atoms with Crippen molar-refractivity contribution < 1.29 is 14.3 Å². The molecule has 0 saturated heterocycles. The second-order valence-corrected chi connectivity index (χ2v) is 4.45. The number of ether oxygens (including phenoxy) is 2. The van der Waals surface area contributed by atoms with Gasteiger partial charge < -0.3 is 9.47 Å². The van der Waals surface area contributed by atoms with Crippen molar-refractivity contribution in [1.82, 2.24) is 0 Å². The Balaban J connectivity index is 2.56. The van der Waals surface area contributed by atoms with E-state index in [-0.39, 0.29) is 5.60 Å². The molecule has 0 heterocycles. The molecular formula is C12H20O3. The summed E-state index contributed by atoms with van der Waals surface area (Å²) in [7, 11) is 1.35. The van der Waals surface area contributed by atoms with Crippen molar-refractivity contribution in [3.63, 3.8) is 0 Å². The zero-order valence-corrected chi connectivity index (χ0v) is 9.84. The molecule has 15 heavy (non-hydrogen) atoms. The van der Waals surface area contributed by atoms with Gasteiger partial charge in [0.25, 0.3) is 0 Å². The largest absolute Gasteiger partial charge is 0.508 e. The maximum atomic E-state index is 11.1. The monoisotopic (exact) mass is 212 g/mol. The van der Waals surface area contributed by atoms with Crippen LogP contribution in [0.1, 0.15) is 46.0 Å². The molecule has 0 aromatic carbocycles. The topological polar surface area (TPSA) is 35.5 Å². The number of methoxy groups -OCH3 is 1. The first-order valence-electron chi connectivity index (χ1n) is 5.48. The van der Waals surface area contributed by atoms with E-state index in [0.29, 0.717) is 0 Å². The Morgan fingerprint density at radius 2 is 2.20 bits per heavy atom. The quantitative estimate of drug-likeness (QED) is 0.493. The van der Waals surface area contributed by atoms with Crippen LogP contribution in [0.5, 0.6) is 0 Å². The van der Waals surface area contributed by atoms with Crippen LogP contribution in [0.2, 0.25) is 0 Å². The zero-order valence-electron chi connectivity index (χ0n) is 9.84. The number of rotatable bonds is 1. The first-order chi connectivity index (χ1) is 7.06. The van der Waals surface area contributed by atoms with Gasteiger partial charge in [-0.1, -0.05) is 11.6 Å². The summed E-state index contributed by atoms with van der Waals surface area (Å²) in [6, 6.07) is 0. The van der Waals surface area contributed by atoms with Crippen LogP contribution >= 0.6 is 0 Å². The Labute approximate surface area is 91.4 Å². The first kappa shape index (κ1) is 12.1. The summed E-state index contributed by atoms with van der Waals surface area (Å²) in [6.45, 7) is 4.14. The van der Waals surface area contributed by atoms with Gasteiger partial charge in [0.2, 0.25) is 0 Å². The molecule has 1 rings (SSSR count). The third kappa shape index (κ3) is 3.94. The van der Waals surface area contributed by atoms with Crippen molar-refractivity contribution in [2.75, 3.05) is 7.11 Å². The minimum absolute atomic E-state index is 0.357. The van der Waals surface area contributed by atoms with E-state index in [1.165, 1.54) is 12.7 Å². The Morgan fingerprint density at radius 1 is 1.47 bits per heavy atom. The SMILES string of the molecule is COC(=O)OC1(C)CCC=C(C)CCC1. The molecule has 1 aliphatic rings. The van der Waals surface area contributed by atoms with Crippen molar-refractivity contribution in [2.24, 2.45) is 0 Å². The highest BCUT2D eigenvalue weighted by Gasteiger charge is 2.29. The van der Waals surface area contributed by atoms with E-state index in [2.05, 4.69) is 17.7 Å². The number of allylic oxidation sites excluding steroid dienone is 2. The Hall–Kier alpha value is -0.990. The fraction of sp³-hybridized carbons (Fsp3) is 0.750. The maximum Gasteiger partial charge on any atom is 0.508 e.